The van der Waals surface area contributed by atoms with Crippen LogP contribution >= 0.6 is 0 Å². The van der Waals surface area contributed by atoms with Crippen molar-refractivity contribution in [3.05, 3.63) is 65.7 Å². The number of rotatable bonds is 5. The summed E-state index contributed by atoms with van der Waals surface area (Å²) in [5.41, 5.74) is 11.1. The minimum Gasteiger partial charge on any atom is -0.393 e. The topological polar surface area (TPSA) is 88.8 Å². The molecule has 0 radical (unpaired) electrons. The van der Waals surface area contributed by atoms with E-state index in [0.29, 0.717) is 23.9 Å². The van der Waals surface area contributed by atoms with E-state index in [-0.39, 0.29) is 0 Å². The molecular weight excluding hydrogens is 300 g/mol. The van der Waals surface area contributed by atoms with Crippen LogP contribution in [-0.4, -0.2) is 15.0 Å². The van der Waals surface area contributed by atoms with Crippen molar-refractivity contribution in [1.29, 1.82) is 0 Å². The first-order valence-electron chi connectivity index (χ1n) is 7.71. The molecule has 2 heterocycles. The van der Waals surface area contributed by atoms with E-state index >= 15 is 0 Å². The molecule has 1 aromatic carbocycles. The predicted octanol–water partition coefficient (Wildman–Crippen LogP) is 3.43. The summed E-state index contributed by atoms with van der Waals surface area (Å²) in [5.74, 6) is 1.19. The molecule has 122 valence electrons. The third-order valence-corrected chi connectivity index (χ3v) is 3.92. The molecule has 24 heavy (non-hydrogen) atoms. The highest BCUT2D eigenvalue weighted by atomic mass is 15.1. The van der Waals surface area contributed by atoms with Crippen molar-refractivity contribution in [1.82, 2.24) is 15.0 Å². The zero-order chi connectivity index (χ0) is 16.9. The normalized spacial score (nSPS) is 10.4. The summed E-state index contributed by atoms with van der Waals surface area (Å²) in [4.78, 5) is 12.6. The van der Waals surface area contributed by atoms with Crippen LogP contribution in [0.4, 0.5) is 23.0 Å². The minimum atomic E-state index is 0.488. The number of nitrogens with one attached hydrogen (secondary N) is 2. The Kier molecular flexibility index (Phi) is 4.56. The van der Waals surface area contributed by atoms with Gasteiger partial charge in [0.2, 0.25) is 0 Å². The molecule has 0 saturated carbocycles. The standard InChI is InChI=1S/C18H20N6/c1-12-5-3-7-15(13(12)2)24-18-16(19)17(22-11-23-18)21-10-14-6-4-8-20-9-14/h3-9,11H,10,19H2,1-2H3,(H2,21,22,23,24). The van der Waals surface area contributed by atoms with Crippen molar-refractivity contribution in [2.75, 3.05) is 16.4 Å². The first-order chi connectivity index (χ1) is 11.6. The van der Waals surface area contributed by atoms with E-state index in [2.05, 4.69) is 45.5 Å². The van der Waals surface area contributed by atoms with E-state index in [0.717, 1.165) is 11.3 Å². The number of anilines is 4. The summed E-state index contributed by atoms with van der Waals surface area (Å²) >= 11 is 0. The van der Waals surface area contributed by atoms with Gasteiger partial charge in [0, 0.05) is 24.6 Å². The van der Waals surface area contributed by atoms with Crippen LogP contribution in [0.5, 0.6) is 0 Å². The molecule has 0 aliphatic heterocycles. The van der Waals surface area contributed by atoms with E-state index < -0.39 is 0 Å². The van der Waals surface area contributed by atoms with Crippen LogP contribution in [0.2, 0.25) is 0 Å². The fourth-order valence-corrected chi connectivity index (χ4v) is 2.34. The fraction of sp³-hybridized carbons (Fsp3) is 0.167. The first kappa shape index (κ1) is 15.7. The molecule has 0 aliphatic rings. The summed E-state index contributed by atoms with van der Waals surface area (Å²) in [6, 6.07) is 9.97. The number of nitrogens with two attached hydrogens (primary N) is 1. The van der Waals surface area contributed by atoms with Crippen molar-refractivity contribution >= 4 is 23.0 Å². The SMILES string of the molecule is Cc1cccc(Nc2ncnc(NCc3cccnc3)c2N)c1C. The quantitative estimate of drug-likeness (QED) is 0.667. The summed E-state index contributed by atoms with van der Waals surface area (Å²) < 4.78 is 0. The second-order valence-electron chi connectivity index (χ2n) is 5.57. The van der Waals surface area contributed by atoms with Gasteiger partial charge in [-0.15, -0.1) is 0 Å². The van der Waals surface area contributed by atoms with Crippen LogP contribution in [-0.2, 0) is 6.54 Å². The Morgan fingerprint density at radius 2 is 1.88 bits per heavy atom. The number of pyridine rings is 1. The van der Waals surface area contributed by atoms with Gasteiger partial charge in [0.25, 0.3) is 0 Å². The molecule has 2 aromatic heterocycles. The molecule has 0 saturated heterocycles. The maximum atomic E-state index is 6.22. The van der Waals surface area contributed by atoms with E-state index in [1.807, 2.05) is 24.3 Å². The van der Waals surface area contributed by atoms with E-state index in [9.17, 15) is 0 Å². The number of aromatic nitrogens is 3. The first-order valence-corrected chi connectivity index (χ1v) is 7.71. The molecule has 3 aromatic rings. The van der Waals surface area contributed by atoms with Gasteiger partial charge in [-0.3, -0.25) is 4.98 Å². The third kappa shape index (κ3) is 3.43. The zero-order valence-electron chi connectivity index (χ0n) is 13.7. The molecule has 3 rings (SSSR count). The molecule has 0 unspecified atom stereocenters. The molecule has 0 atom stereocenters. The number of hydrogen-bond acceptors (Lipinski definition) is 6. The molecule has 4 N–H and O–H groups in total. The molecule has 0 amide bonds. The van der Waals surface area contributed by atoms with Crippen molar-refractivity contribution in [2.45, 2.75) is 20.4 Å². The smallest absolute Gasteiger partial charge is 0.159 e. The largest absolute Gasteiger partial charge is 0.393 e. The van der Waals surface area contributed by atoms with Gasteiger partial charge < -0.3 is 16.4 Å². The molecular formula is C18H20N6. The van der Waals surface area contributed by atoms with Gasteiger partial charge >= 0.3 is 0 Å². The number of benzene rings is 1. The van der Waals surface area contributed by atoms with Crippen LogP contribution in [0.15, 0.2) is 49.1 Å². The number of nitrogens with zero attached hydrogens (tertiary/aromatic N) is 3. The maximum Gasteiger partial charge on any atom is 0.159 e. The Morgan fingerprint density at radius 1 is 1.04 bits per heavy atom. The lowest BCUT2D eigenvalue weighted by molar-refractivity contribution is 1.07. The van der Waals surface area contributed by atoms with Crippen LogP contribution < -0.4 is 16.4 Å². The third-order valence-electron chi connectivity index (χ3n) is 3.92. The van der Waals surface area contributed by atoms with Crippen molar-refractivity contribution < 1.29 is 0 Å². The molecule has 0 aliphatic carbocycles. The van der Waals surface area contributed by atoms with Gasteiger partial charge in [-0.25, -0.2) is 9.97 Å². The van der Waals surface area contributed by atoms with Crippen LogP contribution in [0.3, 0.4) is 0 Å². The van der Waals surface area contributed by atoms with E-state index in [1.165, 1.54) is 17.5 Å². The zero-order valence-corrected chi connectivity index (χ0v) is 13.7. The van der Waals surface area contributed by atoms with Crippen LogP contribution in [0.1, 0.15) is 16.7 Å². The Labute approximate surface area is 141 Å². The average Bonchev–Trinajstić information content (AvgIpc) is 2.60. The minimum absolute atomic E-state index is 0.488. The van der Waals surface area contributed by atoms with Crippen molar-refractivity contribution in [3.8, 4) is 0 Å². The summed E-state index contributed by atoms with van der Waals surface area (Å²) in [5, 5.41) is 6.52. The van der Waals surface area contributed by atoms with Gasteiger partial charge in [-0.05, 0) is 42.7 Å². The van der Waals surface area contributed by atoms with Gasteiger partial charge in [0.1, 0.15) is 12.0 Å². The van der Waals surface area contributed by atoms with Crippen LogP contribution in [0, 0.1) is 13.8 Å². The lowest BCUT2D eigenvalue weighted by Crippen LogP contribution is -2.08. The Bertz CT molecular complexity index is 832. The van der Waals surface area contributed by atoms with Crippen molar-refractivity contribution in [3.63, 3.8) is 0 Å². The number of nitrogen functional groups attached to an aromatic ring is 1. The molecule has 0 fully saturated rings. The monoisotopic (exact) mass is 320 g/mol. The second-order valence-corrected chi connectivity index (χ2v) is 5.57. The van der Waals surface area contributed by atoms with Gasteiger partial charge in [-0.2, -0.15) is 0 Å². The Morgan fingerprint density at radius 3 is 2.67 bits per heavy atom. The molecule has 0 bridgehead atoms. The summed E-state index contributed by atoms with van der Waals surface area (Å²) in [6.45, 7) is 4.74. The van der Waals surface area contributed by atoms with Gasteiger partial charge in [-0.1, -0.05) is 18.2 Å². The lowest BCUT2D eigenvalue weighted by Gasteiger charge is -2.14. The second kappa shape index (κ2) is 6.95. The summed E-state index contributed by atoms with van der Waals surface area (Å²) in [7, 11) is 0. The Balaban J connectivity index is 1.79. The highest BCUT2D eigenvalue weighted by Crippen LogP contribution is 2.28. The van der Waals surface area contributed by atoms with Crippen molar-refractivity contribution in [2.24, 2.45) is 0 Å². The summed E-state index contributed by atoms with van der Waals surface area (Å²) in [6.07, 6.45) is 5.05. The average molecular weight is 320 g/mol. The van der Waals surface area contributed by atoms with E-state index in [4.69, 9.17) is 5.73 Å². The predicted molar refractivity (Wildman–Crippen MR) is 97.2 cm³/mol. The van der Waals surface area contributed by atoms with E-state index in [1.54, 1.807) is 12.4 Å². The fourth-order valence-electron chi connectivity index (χ4n) is 2.34. The van der Waals surface area contributed by atoms with Crippen LogP contribution in [0.25, 0.3) is 0 Å². The maximum absolute atomic E-state index is 6.22. The lowest BCUT2D eigenvalue weighted by atomic mass is 10.1. The Hall–Kier alpha value is -3.15. The highest BCUT2D eigenvalue weighted by Gasteiger charge is 2.10. The van der Waals surface area contributed by atoms with Gasteiger partial charge in [0.05, 0.1) is 0 Å². The number of aryl methyl sites for hydroxylation is 1. The van der Waals surface area contributed by atoms with Gasteiger partial charge in [0.15, 0.2) is 11.6 Å². The highest BCUT2D eigenvalue weighted by molar-refractivity contribution is 5.78. The number of hydrogen-bond donors (Lipinski definition) is 3. The molecule has 6 heteroatoms. The molecule has 0 spiro atoms. The molecule has 6 nitrogen and oxygen atoms in total.